The maximum absolute atomic E-state index is 6.10. The Balaban J connectivity index is 1.95. The molecule has 98 valence electrons. The molecule has 2 unspecified atom stereocenters. The van der Waals surface area contributed by atoms with Gasteiger partial charge in [-0.2, -0.15) is 0 Å². The number of hydrogen-bond acceptors (Lipinski definition) is 1. The van der Waals surface area contributed by atoms with E-state index in [0.29, 0.717) is 5.88 Å². The molecule has 1 saturated carbocycles. The van der Waals surface area contributed by atoms with Gasteiger partial charge in [0.05, 0.1) is 0 Å². The van der Waals surface area contributed by atoms with E-state index in [1.165, 1.54) is 49.9 Å². The Bertz CT molecular complexity index is 435. The van der Waals surface area contributed by atoms with Crippen LogP contribution in [0.3, 0.4) is 0 Å². The molecule has 1 aliphatic carbocycles. The maximum atomic E-state index is 6.10. The van der Waals surface area contributed by atoms with Crippen molar-refractivity contribution in [3.8, 4) is 0 Å². The molecule has 0 amide bonds. The van der Waals surface area contributed by atoms with Gasteiger partial charge in [-0.1, -0.05) is 28.4 Å². The van der Waals surface area contributed by atoms with Crippen LogP contribution in [-0.4, -0.2) is 12.6 Å². The second-order valence-corrected chi connectivity index (χ2v) is 6.68. The number of anilines is 1. The van der Waals surface area contributed by atoms with Crippen molar-refractivity contribution in [3.63, 3.8) is 0 Å². The number of benzene rings is 1. The molecular weight excluding hydrogens is 310 g/mol. The standard InChI is InChI=1S/C15H19BrClN/c16-13-7-6-12(10-17)15(9-13)18-8-2-4-11-3-1-5-14(11)18/h6-7,9,11,14H,1-5,8,10H2. The van der Waals surface area contributed by atoms with E-state index < -0.39 is 0 Å². The molecule has 0 N–H and O–H groups in total. The minimum atomic E-state index is 0.608. The molecule has 1 aromatic carbocycles. The molecule has 1 aliphatic heterocycles. The lowest BCUT2D eigenvalue weighted by Crippen LogP contribution is -2.43. The second kappa shape index (κ2) is 5.42. The minimum Gasteiger partial charge on any atom is -0.368 e. The van der Waals surface area contributed by atoms with Crippen molar-refractivity contribution in [3.05, 3.63) is 28.2 Å². The van der Waals surface area contributed by atoms with Crippen LogP contribution in [-0.2, 0) is 5.88 Å². The third kappa shape index (κ3) is 2.30. The molecule has 1 aromatic rings. The molecule has 0 bridgehead atoms. The molecule has 0 spiro atoms. The molecule has 2 aliphatic rings. The van der Waals surface area contributed by atoms with Crippen LogP contribution in [0.15, 0.2) is 22.7 Å². The van der Waals surface area contributed by atoms with Gasteiger partial charge in [-0.3, -0.25) is 0 Å². The molecule has 0 aromatic heterocycles. The molecule has 0 radical (unpaired) electrons. The maximum Gasteiger partial charge on any atom is 0.0494 e. The third-order valence-electron chi connectivity index (χ3n) is 4.49. The summed E-state index contributed by atoms with van der Waals surface area (Å²) < 4.78 is 1.16. The number of nitrogens with zero attached hydrogens (tertiary/aromatic N) is 1. The molecule has 1 saturated heterocycles. The summed E-state index contributed by atoms with van der Waals surface area (Å²) in [5.41, 5.74) is 2.63. The lowest BCUT2D eigenvalue weighted by atomic mass is 9.91. The lowest BCUT2D eigenvalue weighted by Gasteiger charge is -2.40. The Morgan fingerprint density at radius 1 is 1.22 bits per heavy atom. The quantitative estimate of drug-likeness (QED) is 0.694. The van der Waals surface area contributed by atoms with Gasteiger partial charge in [-0.15, -0.1) is 11.6 Å². The van der Waals surface area contributed by atoms with Crippen molar-refractivity contribution in [2.75, 3.05) is 11.4 Å². The van der Waals surface area contributed by atoms with Crippen molar-refractivity contribution < 1.29 is 0 Å². The first-order valence-corrected chi connectivity index (χ1v) is 8.23. The summed E-state index contributed by atoms with van der Waals surface area (Å²) in [5, 5.41) is 0. The van der Waals surface area contributed by atoms with Gasteiger partial charge in [0.2, 0.25) is 0 Å². The van der Waals surface area contributed by atoms with Crippen LogP contribution in [0.4, 0.5) is 5.69 Å². The average Bonchev–Trinajstić information content (AvgIpc) is 2.86. The largest absolute Gasteiger partial charge is 0.368 e. The molecule has 2 atom stereocenters. The van der Waals surface area contributed by atoms with Crippen molar-refractivity contribution in [1.29, 1.82) is 0 Å². The number of alkyl halides is 1. The zero-order valence-corrected chi connectivity index (χ0v) is 12.9. The number of hydrogen-bond donors (Lipinski definition) is 0. The van der Waals surface area contributed by atoms with Crippen molar-refractivity contribution in [2.45, 2.75) is 44.0 Å². The Hall–Kier alpha value is -0.210. The van der Waals surface area contributed by atoms with Gasteiger partial charge in [0.15, 0.2) is 0 Å². The normalized spacial score (nSPS) is 27.3. The summed E-state index contributed by atoms with van der Waals surface area (Å²) in [5.74, 6) is 1.53. The van der Waals surface area contributed by atoms with Crippen LogP contribution in [0.1, 0.15) is 37.7 Å². The SMILES string of the molecule is ClCc1ccc(Br)cc1N1CCCC2CCCC21. The first-order chi connectivity index (χ1) is 8.79. The van der Waals surface area contributed by atoms with Crippen LogP contribution in [0.2, 0.25) is 0 Å². The van der Waals surface area contributed by atoms with Gasteiger partial charge in [0.25, 0.3) is 0 Å². The molecular formula is C15H19BrClN. The van der Waals surface area contributed by atoms with Gasteiger partial charge in [-0.25, -0.2) is 0 Å². The highest BCUT2D eigenvalue weighted by Crippen LogP contribution is 2.40. The lowest BCUT2D eigenvalue weighted by molar-refractivity contribution is 0.362. The van der Waals surface area contributed by atoms with Gasteiger partial charge < -0.3 is 4.90 Å². The third-order valence-corrected chi connectivity index (χ3v) is 5.28. The molecule has 18 heavy (non-hydrogen) atoms. The molecule has 3 rings (SSSR count). The summed E-state index contributed by atoms with van der Waals surface area (Å²) in [6, 6.07) is 7.26. The zero-order valence-electron chi connectivity index (χ0n) is 10.5. The van der Waals surface area contributed by atoms with E-state index in [9.17, 15) is 0 Å². The molecule has 3 heteroatoms. The summed E-state index contributed by atoms with van der Waals surface area (Å²) in [4.78, 5) is 2.63. The van der Waals surface area contributed by atoms with Crippen LogP contribution < -0.4 is 4.90 Å². The van der Waals surface area contributed by atoms with E-state index in [-0.39, 0.29) is 0 Å². The fraction of sp³-hybridized carbons (Fsp3) is 0.600. The van der Waals surface area contributed by atoms with Gasteiger partial charge in [0, 0.05) is 28.6 Å². The highest BCUT2D eigenvalue weighted by molar-refractivity contribution is 9.10. The van der Waals surface area contributed by atoms with Gasteiger partial charge in [0.1, 0.15) is 0 Å². The van der Waals surface area contributed by atoms with E-state index in [0.717, 1.165) is 16.4 Å². The van der Waals surface area contributed by atoms with Crippen LogP contribution in [0.5, 0.6) is 0 Å². The summed E-state index contributed by atoms with van der Waals surface area (Å²) in [6.45, 7) is 1.20. The fourth-order valence-electron chi connectivity index (χ4n) is 3.67. The summed E-state index contributed by atoms with van der Waals surface area (Å²) >= 11 is 9.70. The summed E-state index contributed by atoms with van der Waals surface area (Å²) in [6.07, 6.45) is 6.93. The van der Waals surface area contributed by atoms with Crippen LogP contribution in [0, 0.1) is 5.92 Å². The Labute approximate surface area is 123 Å². The number of halogens is 2. The smallest absolute Gasteiger partial charge is 0.0494 e. The summed E-state index contributed by atoms with van der Waals surface area (Å²) in [7, 11) is 0. The minimum absolute atomic E-state index is 0.608. The fourth-order valence-corrected chi connectivity index (χ4v) is 4.25. The number of fused-ring (bicyclic) bond motifs is 1. The van der Waals surface area contributed by atoms with Crippen molar-refractivity contribution in [1.82, 2.24) is 0 Å². The van der Waals surface area contributed by atoms with Crippen molar-refractivity contribution in [2.24, 2.45) is 5.92 Å². The molecule has 1 heterocycles. The monoisotopic (exact) mass is 327 g/mol. The van der Waals surface area contributed by atoms with Gasteiger partial charge in [-0.05, 0) is 49.3 Å². The molecule has 1 nitrogen and oxygen atoms in total. The predicted octanol–water partition coefficient (Wildman–Crippen LogP) is 4.96. The van der Waals surface area contributed by atoms with E-state index in [4.69, 9.17) is 11.6 Å². The average molecular weight is 329 g/mol. The van der Waals surface area contributed by atoms with Crippen LogP contribution >= 0.6 is 27.5 Å². The first kappa shape index (κ1) is 12.8. The highest BCUT2D eigenvalue weighted by Gasteiger charge is 2.35. The predicted molar refractivity (Wildman–Crippen MR) is 81.4 cm³/mol. The van der Waals surface area contributed by atoms with Gasteiger partial charge >= 0.3 is 0 Å². The second-order valence-electron chi connectivity index (χ2n) is 5.50. The Kier molecular flexibility index (Phi) is 3.86. The Morgan fingerprint density at radius 3 is 2.89 bits per heavy atom. The van der Waals surface area contributed by atoms with E-state index in [2.05, 4.69) is 39.0 Å². The number of rotatable bonds is 2. The zero-order chi connectivity index (χ0) is 12.5. The molecule has 2 fully saturated rings. The first-order valence-electron chi connectivity index (χ1n) is 6.90. The Morgan fingerprint density at radius 2 is 2.06 bits per heavy atom. The van der Waals surface area contributed by atoms with E-state index in [1.54, 1.807) is 0 Å². The van der Waals surface area contributed by atoms with Crippen LogP contribution in [0.25, 0.3) is 0 Å². The highest BCUT2D eigenvalue weighted by atomic mass is 79.9. The van der Waals surface area contributed by atoms with E-state index >= 15 is 0 Å². The van der Waals surface area contributed by atoms with E-state index in [1.807, 2.05) is 0 Å². The van der Waals surface area contributed by atoms with Crippen molar-refractivity contribution >= 4 is 33.2 Å². The topological polar surface area (TPSA) is 3.24 Å². The number of piperidine rings is 1.